The Hall–Kier alpha value is -3.90. The normalized spacial score (nSPS) is 11.1. The number of fused-ring (bicyclic) bond motifs is 3. The summed E-state index contributed by atoms with van der Waals surface area (Å²) in [5.74, 6) is 0. The van der Waals surface area contributed by atoms with E-state index < -0.39 is 0 Å². The maximum absolute atomic E-state index is 9.96. The summed E-state index contributed by atoms with van der Waals surface area (Å²) in [7, 11) is 2.04. The van der Waals surface area contributed by atoms with Crippen LogP contribution in [0.2, 0.25) is 0 Å². The van der Waals surface area contributed by atoms with E-state index in [-0.39, 0.29) is 0 Å². The second-order valence-corrected chi connectivity index (χ2v) is 7.71. The topological polar surface area (TPSA) is 40.8 Å². The van der Waals surface area contributed by atoms with Gasteiger partial charge in [-0.25, -0.2) is 4.57 Å². The monoisotopic (exact) mass is 389 g/mol. The lowest BCUT2D eigenvalue weighted by atomic mass is 9.93. The Morgan fingerprint density at radius 1 is 0.900 bits per heavy atom. The van der Waals surface area contributed by atoms with Crippen LogP contribution in [-0.2, 0) is 7.05 Å². The number of nitriles is 1. The Bertz CT molecular complexity index is 1470. The summed E-state index contributed by atoms with van der Waals surface area (Å²) < 4.78 is 8.64. The first kappa shape index (κ1) is 18.1. The molecule has 0 spiro atoms. The van der Waals surface area contributed by atoms with E-state index in [0.717, 1.165) is 55.4 Å². The minimum absolute atomic E-state index is 0.639. The number of aryl methyl sites for hydroxylation is 3. The lowest BCUT2D eigenvalue weighted by Crippen LogP contribution is -2.30. The number of aromatic nitrogens is 1. The molecular weight excluding hydrogens is 368 g/mol. The summed E-state index contributed by atoms with van der Waals surface area (Å²) in [5, 5.41) is 11.8. The average molecular weight is 389 g/mol. The van der Waals surface area contributed by atoms with Crippen molar-refractivity contribution in [2.24, 2.45) is 7.05 Å². The molecule has 0 amide bonds. The number of benzene rings is 3. The molecule has 5 rings (SSSR count). The predicted octanol–water partition coefficient (Wildman–Crippen LogP) is 6.23. The molecule has 2 aromatic heterocycles. The van der Waals surface area contributed by atoms with E-state index in [1.54, 1.807) is 0 Å². The third-order valence-electron chi connectivity index (χ3n) is 5.89. The van der Waals surface area contributed by atoms with E-state index in [9.17, 15) is 5.26 Å². The van der Waals surface area contributed by atoms with Crippen LogP contribution in [0.25, 0.3) is 44.3 Å². The number of pyridine rings is 1. The van der Waals surface area contributed by atoms with Gasteiger partial charge in [0.2, 0.25) is 5.69 Å². The highest BCUT2D eigenvalue weighted by molar-refractivity contribution is 6.13. The highest BCUT2D eigenvalue weighted by atomic mass is 16.3. The molecule has 144 valence electrons. The maximum atomic E-state index is 9.96. The van der Waals surface area contributed by atoms with Gasteiger partial charge in [0.25, 0.3) is 0 Å². The van der Waals surface area contributed by atoms with Crippen LogP contribution in [0.5, 0.6) is 0 Å². The molecule has 0 unspecified atom stereocenters. The molecule has 0 aliphatic heterocycles. The average Bonchev–Trinajstić information content (AvgIpc) is 3.16. The Morgan fingerprint density at radius 2 is 1.67 bits per heavy atom. The molecule has 0 aliphatic rings. The van der Waals surface area contributed by atoms with Crippen LogP contribution in [0.4, 0.5) is 0 Å². The molecule has 0 fully saturated rings. The largest absolute Gasteiger partial charge is 0.455 e. The van der Waals surface area contributed by atoms with Gasteiger partial charge < -0.3 is 4.42 Å². The van der Waals surface area contributed by atoms with Crippen molar-refractivity contribution >= 4 is 21.9 Å². The quantitative estimate of drug-likeness (QED) is 0.336. The van der Waals surface area contributed by atoms with Crippen molar-refractivity contribution in [3.05, 3.63) is 89.6 Å². The summed E-state index contributed by atoms with van der Waals surface area (Å²) >= 11 is 0. The van der Waals surface area contributed by atoms with Crippen molar-refractivity contribution in [1.82, 2.24) is 0 Å². The second-order valence-electron chi connectivity index (χ2n) is 7.71. The maximum Gasteiger partial charge on any atom is 0.216 e. The van der Waals surface area contributed by atoms with Gasteiger partial charge in [0, 0.05) is 28.5 Å². The Labute approximate surface area is 175 Å². The van der Waals surface area contributed by atoms with Crippen LogP contribution in [-0.4, -0.2) is 0 Å². The summed E-state index contributed by atoms with van der Waals surface area (Å²) in [6, 6.07) is 24.9. The van der Waals surface area contributed by atoms with E-state index >= 15 is 0 Å². The van der Waals surface area contributed by atoms with Crippen molar-refractivity contribution in [1.29, 1.82) is 5.26 Å². The molecule has 0 N–H and O–H groups in total. The molecule has 3 heteroatoms. The molecule has 0 saturated carbocycles. The highest BCUT2D eigenvalue weighted by Gasteiger charge is 2.23. The van der Waals surface area contributed by atoms with Crippen molar-refractivity contribution < 1.29 is 8.98 Å². The number of hydrogen-bond acceptors (Lipinski definition) is 2. The SMILES string of the molecule is Cc1ccc2c(oc3c(C)c(-c4ccccc4)cc(C#N)c32)c1-c1cccc[n+]1C. The summed E-state index contributed by atoms with van der Waals surface area (Å²) in [5.41, 5.74) is 8.71. The number of hydrogen-bond donors (Lipinski definition) is 0. The first-order chi connectivity index (χ1) is 14.6. The Kier molecular flexibility index (Phi) is 4.15. The van der Waals surface area contributed by atoms with Gasteiger partial charge in [-0.15, -0.1) is 0 Å². The van der Waals surface area contributed by atoms with Gasteiger partial charge in [0.05, 0.1) is 17.2 Å². The third kappa shape index (κ3) is 2.62. The Morgan fingerprint density at radius 3 is 2.40 bits per heavy atom. The second kappa shape index (κ2) is 6.86. The molecule has 30 heavy (non-hydrogen) atoms. The van der Waals surface area contributed by atoms with Crippen LogP contribution in [0.3, 0.4) is 0 Å². The van der Waals surface area contributed by atoms with Crippen molar-refractivity contribution in [2.45, 2.75) is 13.8 Å². The molecule has 0 radical (unpaired) electrons. The van der Waals surface area contributed by atoms with Crippen LogP contribution in [0, 0.1) is 25.2 Å². The van der Waals surface area contributed by atoms with Gasteiger partial charge in [-0.3, -0.25) is 0 Å². The standard InChI is InChI=1S/C27H21N2O/c1-17-12-13-21-25-20(16-28)15-22(19-9-5-4-6-10-19)18(2)26(25)30-27(21)24(17)23-11-7-8-14-29(23)3/h4-15H,1-3H3/q+1. The fourth-order valence-corrected chi connectivity index (χ4v) is 4.35. The van der Waals surface area contributed by atoms with Gasteiger partial charge in [-0.1, -0.05) is 42.5 Å². The molecule has 3 nitrogen and oxygen atoms in total. The van der Waals surface area contributed by atoms with E-state index in [4.69, 9.17) is 4.42 Å². The molecule has 0 atom stereocenters. The van der Waals surface area contributed by atoms with Gasteiger partial charge in [0.15, 0.2) is 6.20 Å². The zero-order valence-corrected chi connectivity index (χ0v) is 17.2. The predicted molar refractivity (Wildman–Crippen MR) is 120 cm³/mol. The van der Waals surface area contributed by atoms with E-state index in [1.807, 2.05) is 49.6 Å². The number of rotatable bonds is 2. The van der Waals surface area contributed by atoms with Crippen molar-refractivity contribution in [2.75, 3.05) is 0 Å². The number of nitrogens with zero attached hydrogens (tertiary/aromatic N) is 2. The third-order valence-corrected chi connectivity index (χ3v) is 5.89. The van der Waals surface area contributed by atoms with Crippen LogP contribution in [0.15, 0.2) is 77.3 Å². The Balaban J connectivity index is 1.93. The molecule has 0 saturated heterocycles. The van der Waals surface area contributed by atoms with Gasteiger partial charge in [-0.2, -0.15) is 5.26 Å². The van der Waals surface area contributed by atoms with E-state index in [1.165, 1.54) is 0 Å². The zero-order valence-electron chi connectivity index (χ0n) is 17.2. The molecule has 0 aliphatic carbocycles. The van der Waals surface area contributed by atoms with Crippen LogP contribution < -0.4 is 4.57 Å². The first-order valence-corrected chi connectivity index (χ1v) is 10.00. The molecule has 0 bridgehead atoms. The molecule has 5 aromatic rings. The minimum atomic E-state index is 0.639. The van der Waals surface area contributed by atoms with Gasteiger partial charge in [-0.05, 0) is 42.7 Å². The van der Waals surface area contributed by atoms with E-state index in [2.05, 4.69) is 54.8 Å². The van der Waals surface area contributed by atoms with Crippen LogP contribution in [0.1, 0.15) is 16.7 Å². The fourth-order valence-electron chi connectivity index (χ4n) is 4.35. The van der Waals surface area contributed by atoms with Gasteiger partial charge >= 0.3 is 0 Å². The minimum Gasteiger partial charge on any atom is -0.455 e. The first-order valence-electron chi connectivity index (χ1n) is 10.00. The van der Waals surface area contributed by atoms with E-state index in [0.29, 0.717) is 5.56 Å². The van der Waals surface area contributed by atoms with Crippen molar-refractivity contribution in [3.63, 3.8) is 0 Å². The summed E-state index contributed by atoms with van der Waals surface area (Å²) in [4.78, 5) is 0. The lowest BCUT2D eigenvalue weighted by Gasteiger charge is -2.08. The lowest BCUT2D eigenvalue weighted by molar-refractivity contribution is -0.660. The summed E-state index contributed by atoms with van der Waals surface area (Å²) in [6.45, 7) is 4.17. The number of furan rings is 1. The fraction of sp³-hybridized carbons (Fsp3) is 0.111. The highest BCUT2D eigenvalue weighted by Crippen LogP contribution is 2.42. The molecule has 3 aromatic carbocycles. The van der Waals surface area contributed by atoms with Crippen molar-refractivity contribution in [3.8, 4) is 28.5 Å². The molecule has 2 heterocycles. The summed E-state index contributed by atoms with van der Waals surface area (Å²) in [6.07, 6.45) is 2.04. The smallest absolute Gasteiger partial charge is 0.216 e. The van der Waals surface area contributed by atoms with Gasteiger partial charge in [0.1, 0.15) is 18.2 Å². The zero-order chi connectivity index (χ0) is 20.8. The molecular formula is C27H21N2O+. The van der Waals surface area contributed by atoms with Crippen LogP contribution >= 0.6 is 0 Å².